The fourth-order valence-corrected chi connectivity index (χ4v) is 3.50. The molecular formula is C10H15F3S. The number of halogens is 3. The van der Waals surface area contributed by atoms with E-state index in [1.165, 1.54) is 12.8 Å². The van der Waals surface area contributed by atoms with E-state index >= 15 is 0 Å². The zero-order valence-electron chi connectivity index (χ0n) is 8.02. The predicted molar refractivity (Wildman–Crippen MR) is 52.4 cm³/mol. The van der Waals surface area contributed by atoms with Gasteiger partial charge in [-0.15, -0.1) is 0 Å². The van der Waals surface area contributed by atoms with E-state index in [4.69, 9.17) is 0 Å². The molecule has 2 aliphatic rings. The predicted octanol–water partition coefficient (Wildman–Crippen LogP) is 4.00. The lowest BCUT2D eigenvalue weighted by Crippen LogP contribution is -2.28. The highest BCUT2D eigenvalue weighted by atomic mass is 32.2. The van der Waals surface area contributed by atoms with Crippen molar-refractivity contribution in [3.05, 3.63) is 0 Å². The van der Waals surface area contributed by atoms with Gasteiger partial charge < -0.3 is 0 Å². The van der Waals surface area contributed by atoms with Gasteiger partial charge in [0.2, 0.25) is 0 Å². The second-order valence-electron chi connectivity index (χ2n) is 4.35. The molecule has 2 rings (SSSR count). The largest absolute Gasteiger partial charge is 0.391 e. The summed E-state index contributed by atoms with van der Waals surface area (Å²) < 4.78 is 37.0. The molecule has 0 radical (unpaired) electrons. The van der Waals surface area contributed by atoms with Crippen LogP contribution in [-0.4, -0.2) is 16.7 Å². The van der Waals surface area contributed by atoms with Crippen molar-refractivity contribution in [1.82, 2.24) is 0 Å². The first-order chi connectivity index (χ1) is 6.55. The topological polar surface area (TPSA) is 0 Å². The van der Waals surface area contributed by atoms with Crippen LogP contribution in [0.1, 0.15) is 38.5 Å². The molecule has 4 heteroatoms. The second-order valence-corrected chi connectivity index (χ2v) is 5.96. The van der Waals surface area contributed by atoms with Crippen molar-refractivity contribution in [1.29, 1.82) is 0 Å². The maximum Gasteiger partial charge on any atom is 0.391 e. The van der Waals surface area contributed by atoms with E-state index in [1.807, 2.05) is 11.8 Å². The summed E-state index contributed by atoms with van der Waals surface area (Å²) in [6, 6.07) is 0. The number of hydrogen-bond donors (Lipinski definition) is 0. The third kappa shape index (κ3) is 2.81. The van der Waals surface area contributed by atoms with Gasteiger partial charge in [0, 0.05) is 10.5 Å². The van der Waals surface area contributed by atoms with Crippen LogP contribution in [0.3, 0.4) is 0 Å². The van der Waals surface area contributed by atoms with Gasteiger partial charge in [0.25, 0.3) is 0 Å². The molecule has 0 N–H and O–H groups in total. The molecular weight excluding hydrogens is 209 g/mol. The Kier molecular flexibility index (Phi) is 3.01. The number of alkyl halides is 3. The van der Waals surface area contributed by atoms with Crippen molar-refractivity contribution < 1.29 is 13.2 Å². The summed E-state index contributed by atoms with van der Waals surface area (Å²) in [5.74, 6) is -1.02. The third-order valence-corrected chi connectivity index (χ3v) is 4.76. The fourth-order valence-electron chi connectivity index (χ4n) is 2.00. The van der Waals surface area contributed by atoms with Crippen molar-refractivity contribution in [2.45, 2.75) is 55.2 Å². The Morgan fingerprint density at radius 3 is 1.57 bits per heavy atom. The van der Waals surface area contributed by atoms with Gasteiger partial charge in [0.1, 0.15) is 0 Å². The Balaban J connectivity index is 1.74. The minimum absolute atomic E-state index is 0.355. The fraction of sp³-hybridized carbons (Fsp3) is 1.00. The van der Waals surface area contributed by atoms with Gasteiger partial charge in [-0.1, -0.05) is 0 Å². The summed E-state index contributed by atoms with van der Waals surface area (Å²) in [6.45, 7) is 0. The van der Waals surface area contributed by atoms with Crippen molar-refractivity contribution in [3.8, 4) is 0 Å². The Hall–Kier alpha value is 0.140. The van der Waals surface area contributed by atoms with E-state index in [-0.39, 0.29) is 0 Å². The number of rotatable bonds is 2. The molecule has 14 heavy (non-hydrogen) atoms. The van der Waals surface area contributed by atoms with Crippen LogP contribution in [0.15, 0.2) is 0 Å². The van der Waals surface area contributed by atoms with Crippen molar-refractivity contribution in [2.24, 2.45) is 5.92 Å². The molecule has 0 atom stereocenters. The Labute approximate surface area is 86.6 Å². The zero-order chi connectivity index (χ0) is 10.2. The molecule has 0 aromatic heterocycles. The Morgan fingerprint density at radius 1 is 0.786 bits per heavy atom. The van der Waals surface area contributed by atoms with Crippen LogP contribution in [0.25, 0.3) is 0 Å². The maximum atomic E-state index is 12.3. The molecule has 0 aromatic carbocycles. The van der Waals surface area contributed by atoms with Gasteiger partial charge in [-0.05, 0) is 38.5 Å². The molecule has 82 valence electrons. The van der Waals surface area contributed by atoms with Gasteiger partial charge in [-0.25, -0.2) is 0 Å². The molecule has 0 bridgehead atoms. The quantitative estimate of drug-likeness (QED) is 0.683. The van der Waals surface area contributed by atoms with Gasteiger partial charge >= 0.3 is 6.18 Å². The lowest BCUT2D eigenvalue weighted by Gasteiger charge is -2.29. The molecule has 2 aliphatic carbocycles. The highest BCUT2D eigenvalue weighted by Gasteiger charge is 2.42. The molecule has 0 saturated heterocycles. The average Bonchev–Trinajstić information content (AvgIpc) is 2.88. The van der Waals surface area contributed by atoms with Crippen LogP contribution in [0.4, 0.5) is 13.2 Å². The highest BCUT2D eigenvalue weighted by molar-refractivity contribution is 8.00. The Morgan fingerprint density at radius 2 is 1.21 bits per heavy atom. The number of thioether (sulfide) groups is 1. The first kappa shape index (κ1) is 10.7. The molecule has 0 unspecified atom stereocenters. The summed E-state index contributed by atoms with van der Waals surface area (Å²) in [6.07, 6.45) is 0.863. The van der Waals surface area contributed by atoms with Crippen molar-refractivity contribution in [2.75, 3.05) is 0 Å². The molecule has 0 aromatic rings. The van der Waals surface area contributed by atoms with Crippen LogP contribution >= 0.6 is 11.8 Å². The summed E-state index contributed by atoms with van der Waals surface area (Å²) in [5.41, 5.74) is 0. The van der Waals surface area contributed by atoms with E-state index < -0.39 is 12.1 Å². The average molecular weight is 224 g/mol. The SMILES string of the molecule is FC(F)(F)C1CCC(SC2CC2)CC1. The minimum atomic E-state index is -3.95. The lowest BCUT2D eigenvalue weighted by atomic mass is 9.88. The van der Waals surface area contributed by atoms with Crippen LogP contribution in [0.5, 0.6) is 0 Å². The monoisotopic (exact) mass is 224 g/mol. The van der Waals surface area contributed by atoms with Crippen molar-refractivity contribution in [3.63, 3.8) is 0 Å². The third-order valence-electron chi connectivity index (χ3n) is 3.05. The summed E-state index contributed by atoms with van der Waals surface area (Å²) in [7, 11) is 0. The minimum Gasteiger partial charge on any atom is -0.171 e. The second kappa shape index (κ2) is 3.95. The molecule has 0 amide bonds. The van der Waals surface area contributed by atoms with Gasteiger partial charge in [-0.3, -0.25) is 0 Å². The highest BCUT2D eigenvalue weighted by Crippen LogP contribution is 2.45. The first-order valence-electron chi connectivity index (χ1n) is 5.28. The van der Waals surface area contributed by atoms with E-state index in [0.717, 1.165) is 18.1 Å². The van der Waals surface area contributed by atoms with Crippen molar-refractivity contribution >= 4 is 11.8 Å². The zero-order valence-corrected chi connectivity index (χ0v) is 8.83. The molecule has 2 fully saturated rings. The lowest BCUT2D eigenvalue weighted by molar-refractivity contribution is -0.181. The first-order valence-corrected chi connectivity index (χ1v) is 6.22. The van der Waals surface area contributed by atoms with Crippen LogP contribution in [0.2, 0.25) is 0 Å². The smallest absolute Gasteiger partial charge is 0.171 e. The van der Waals surface area contributed by atoms with E-state index in [9.17, 15) is 13.2 Å². The summed E-state index contributed by atoms with van der Waals surface area (Å²) in [4.78, 5) is 0. The van der Waals surface area contributed by atoms with Crippen LogP contribution < -0.4 is 0 Å². The Bertz CT molecular complexity index is 190. The molecule has 0 nitrogen and oxygen atoms in total. The molecule has 0 aliphatic heterocycles. The molecule has 0 heterocycles. The van der Waals surface area contributed by atoms with E-state index in [0.29, 0.717) is 18.1 Å². The summed E-state index contributed by atoms with van der Waals surface area (Å²) in [5, 5.41) is 1.29. The van der Waals surface area contributed by atoms with Gasteiger partial charge in [0.15, 0.2) is 0 Å². The van der Waals surface area contributed by atoms with Gasteiger partial charge in [-0.2, -0.15) is 24.9 Å². The standard InChI is InChI=1S/C10H15F3S/c11-10(12,13)7-1-3-8(4-2-7)14-9-5-6-9/h7-9H,1-6H2. The normalized spacial score (nSPS) is 34.5. The van der Waals surface area contributed by atoms with Gasteiger partial charge in [0.05, 0.1) is 5.92 Å². The van der Waals surface area contributed by atoms with E-state index in [1.54, 1.807) is 0 Å². The molecule has 0 spiro atoms. The number of hydrogen-bond acceptors (Lipinski definition) is 1. The maximum absolute atomic E-state index is 12.3. The summed E-state index contributed by atoms with van der Waals surface area (Å²) >= 11 is 1.93. The molecule has 2 saturated carbocycles. The van der Waals surface area contributed by atoms with Crippen LogP contribution in [-0.2, 0) is 0 Å². The van der Waals surface area contributed by atoms with Crippen LogP contribution in [0, 0.1) is 5.92 Å². The van der Waals surface area contributed by atoms with E-state index in [2.05, 4.69) is 0 Å².